The van der Waals surface area contributed by atoms with Gasteiger partial charge in [0, 0.05) is 12.5 Å². The second-order valence-corrected chi connectivity index (χ2v) is 7.25. The molecule has 1 unspecified atom stereocenters. The van der Waals surface area contributed by atoms with E-state index in [1.54, 1.807) is 23.8 Å². The quantitative estimate of drug-likeness (QED) is 0.679. The molecule has 0 saturated carbocycles. The standard InChI is InChI=1S/C14H26N2O3/c1-9-10(17)15(8)11(13(2,3)4)16(9)12(18)19-14(5,6)7/h9,11H,1-8H3/t9?,11-/m0/s1. The zero-order valence-corrected chi connectivity index (χ0v) is 13.3. The van der Waals surface area contributed by atoms with Gasteiger partial charge in [-0.25, -0.2) is 4.79 Å². The molecule has 0 aromatic heterocycles. The summed E-state index contributed by atoms with van der Waals surface area (Å²) in [5.74, 6) is -0.0502. The SMILES string of the molecule is CC1C(=O)N(C)[C@H](C(C)(C)C)N1C(=O)OC(C)(C)C. The highest BCUT2D eigenvalue weighted by atomic mass is 16.6. The molecule has 0 spiro atoms. The van der Waals surface area contributed by atoms with Gasteiger partial charge in [-0.3, -0.25) is 9.69 Å². The molecule has 19 heavy (non-hydrogen) atoms. The molecule has 1 rings (SSSR count). The van der Waals surface area contributed by atoms with Crippen molar-refractivity contribution in [1.29, 1.82) is 0 Å². The third kappa shape index (κ3) is 3.19. The average Bonchev–Trinajstić information content (AvgIpc) is 2.39. The fraction of sp³-hybridized carbons (Fsp3) is 0.857. The van der Waals surface area contributed by atoms with E-state index in [-0.39, 0.29) is 17.5 Å². The van der Waals surface area contributed by atoms with Crippen molar-refractivity contribution >= 4 is 12.0 Å². The number of ether oxygens (including phenoxy) is 1. The van der Waals surface area contributed by atoms with Crippen LogP contribution in [0.15, 0.2) is 0 Å². The normalized spacial score (nSPS) is 24.9. The van der Waals surface area contributed by atoms with Crippen LogP contribution in [-0.2, 0) is 9.53 Å². The molecule has 0 N–H and O–H groups in total. The van der Waals surface area contributed by atoms with Crippen molar-refractivity contribution in [3.05, 3.63) is 0 Å². The van der Waals surface area contributed by atoms with Crippen molar-refractivity contribution in [1.82, 2.24) is 9.80 Å². The second-order valence-electron chi connectivity index (χ2n) is 7.25. The van der Waals surface area contributed by atoms with Crippen molar-refractivity contribution in [2.45, 2.75) is 66.3 Å². The van der Waals surface area contributed by atoms with Crippen LogP contribution in [0, 0.1) is 5.41 Å². The van der Waals surface area contributed by atoms with E-state index in [1.807, 2.05) is 41.5 Å². The summed E-state index contributed by atoms with van der Waals surface area (Å²) in [7, 11) is 1.74. The van der Waals surface area contributed by atoms with Crippen LogP contribution in [0.4, 0.5) is 4.79 Å². The minimum absolute atomic E-state index is 0.0502. The van der Waals surface area contributed by atoms with Gasteiger partial charge in [0.05, 0.1) is 0 Å². The molecule has 110 valence electrons. The van der Waals surface area contributed by atoms with E-state index in [1.165, 1.54) is 0 Å². The third-order valence-corrected chi connectivity index (χ3v) is 3.13. The fourth-order valence-corrected chi connectivity index (χ4v) is 2.50. The van der Waals surface area contributed by atoms with Crippen molar-refractivity contribution in [2.75, 3.05) is 7.05 Å². The van der Waals surface area contributed by atoms with Gasteiger partial charge in [0.2, 0.25) is 5.91 Å². The number of hydrogen-bond donors (Lipinski definition) is 0. The Bertz CT molecular complexity index is 379. The number of hydrogen-bond acceptors (Lipinski definition) is 3. The summed E-state index contributed by atoms with van der Waals surface area (Å²) < 4.78 is 5.42. The van der Waals surface area contributed by atoms with Crippen LogP contribution in [0.2, 0.25) is 0 Å². The lowest BCUT2D eigenvalue weighted by atomic mass is 9.91. The molecule has 0 radical (unpaired) electrons. The lowest BCUT2D eigenvalue weighted by Crippen LogP contribution is -2.51. The highest BCUT2D eigenvalue weighted by Crippen LogP contribution is 2.34. The maximum atomic E-state index is 12.3. The van der Waals surface area contributed by atoms with E-state index >= 15 is 0 Å². The Morgan fingerprint density at radius 1 is 1.16 bits per heavy atom. The minimum Gasteiger partial charge on any atom is -0.444 e. The molecule has 1 heterocycles. The first-order valence-electron chi connectivity index (χ1n) is 6.64. The molecular formula is C14H26N2O3. The molecule has 5 heteroatoms. The Kier molecular flexibility index (Phi) is 3.90. The molecule has 5 nitrogen and oxygen atoms in total. The molecule has 1 aliphatic rings. The zero-order chi connectivity index (χ0) is 15.2. The van der Waals surface area contributed by atoms with Crippen molar-refractivity contribution in [3.63, 3.8) is 0 Å². The second kappa shape index (κ2) is 4.69. The van der Waals surface area contributed by atoms with E-state index in [0.29, 0.717) is 0 Å². The Hall–Kier alpha value is -1.26. The van der Waals surface area contributed by atoms with Crippen molar-refractivity contribution in [3.8, 4) is 0 Å². The number of carbonyl (C=O) groups is 2. The molecule has 0 aromatic carbocycles. The van der Waals surface area contributed by atoms with Crippen LogP contribution in [0.3, 0.4) is 0 Å². The summed E-state index contributed by atoms with van der Waals surface area (Å²) in [6.07, 6.45) is -0.720. The van der Waals surface area contributed by atoms with Crippen LogP contribution >= 0.6 is 0 Å². The highest BCUT2D eigenvalue weighted by Gasteiger charge is 2.50. The van der Waals surface area contributed by atoms with Gasteiger partial charge in [-0.15, -0.1) is 0 Å². The van der Waals surface area contributed by atoms with E-state index in [2.05, 4.69) is 0 Å². The van der Waals surface area contributed by atoms with Gasteiger partial charge in [-0.1, -0.05) is 20.8 Å². The minimum atomic E-state index is -0.566. The Balaban J connectivity index is 3.08. The maximum absolute atomic E-state index is 12.3. The monoisotopic (exact) mass is 270 g/mol. The number of likely N-dealkylation sites (N-methyl/N-ethyl adjacent to an activating group) is 1. The molecule has 2 amide bonds. The average molecular weight is 270 g/mol. The van der Waals surface area contributed by atoms with Gasteiger partial charge in [-0.2, -0.15) is 0 Å². The molecule has 0 bridgehead atoms. The predicted molar refractivity (Wildman–Crippen MR) is 73.5 cm³/mol. The molecule has 0 aliphatic carbocycles. The van der Waals surface area contributed by atoms with Crippen LogP contribution in [0.25, 0.3) is 0 Å². The van der Waals surface area contributed by atoms with Crippen LogP contribution in [-0.4, -0.2) is 46.7 Å². The van der Waals surface area contributed by atoms with Gasteiger partial charge in [0.1, 0.15) is 17.8 Å². The first-order chi connectivity index (χ1) is 8.36. The highest BCUT2D eigenvalue weighted by molar-refractivity contribution is 5.89. The maximum Gasteiger partial charge on any atom is 0.412 e. The van der Waals surface area contributed by atoms with E-state index in [9.17, 15) is 9.59 Å². The number of nitrogens with zero attached hydrogens (tertiary/aromatic N) is 2. The van der Waals surface area contributed by atoms with Gasteiger partial charge >= 0.3 is 6.09 Å². The smallest absolute Gasteiger partial charge is 0.412 e. The van der Waals surface area contributed by atoms with Gasteiger partial charge in [0.15, 0.2) is 0 Å². The van der Waals surface area contributed by atoms with Crippen LogP contribution < -0.4 is 0 Å². The predicted octanol–water partition coefficient (Wildman–Crippen LogP) is 2.46. The summed E-state index contributed by atoms with van der Waals surface area (Å²) in [6.45, 7) is 13.2. The summed E-state index contributed by atoms with van der Waals surface area (Å²) in [4.78, 5) is 27.6. The molecular weight excluding hydrogens is 244 g/mol. The largest absolute Gasteiger partial charge is 0.444 e. The molecule has 2 atom stereocenters. The lowest BCUT2D eigenvalue weighted by Gasteiger charge is -2.39. The molecule has 1 aliphatic heterocycles. The van der Waals surface area contributed by atoms with Crippen LogP contribution in [0.1, 0.15) is 48.5 Å². The Morgan fingerprint density at radius 2 is 1.63 bits per heavy atom. The van der Waals surface area contributed by atoms with Gasteiger partial charge in [-0.05, 0) is 27.7 Å². The number of carbonyl (C=O) groups excluding carboxylic acids is 2. The summed E-state index contributed by atoms with van der Waals surface area (Å²) in [5, 5.41) is 0. The first-order valence-corrected chi connectivity index (χ1v) is 6.64. The van der Waals surface area contributed by atoms with Crippen molar-refractivity contribution in [2.24, 2.45) is 5.41 Å². The Labute approximate surface area is 115 Å². The van der Waals surface area contributed by atoms with Gasteiger partial charge in [0.25, 0.3) is 0 Å². The summed E-state index contributed by atoms with van der Waals surface area (Å²) in [5.41, 5.74) is -0.796. The van der Waals surface area contributed by atoms with Gasteiger partial charge < -0.3 is 9.64 Å². The topological polar surface area (TPSA) is 49.9 Å². The fourth-order valence-electron chi connectivity index (χ4n) is 2.50. The lowest BCUT2D eigenvalue weighted by molar-refractivity contribution is -0.129. The molecule has 1 fully saturated rings. The van der Waals surface area contributed by atoms with E-state index in [0.717, 1.165) is 0 Å². The van der Waals surface area contributed by atoms with E-state index in [4.69, 9.17) is 4.74 Å². The Morgan fingerprint density at radius 3 is 2.00 bits per heavy atom. The molecule has 1 saturated heterocycles. The molecule has 0 aromatic rings. The number of rotatable bonds is 0. The zero-order valence-electron chi connectivity index (χ0n) is 13.3. The van der Waals surface area contributed by atoms with Crippen molar-refractivity contribution < 1.29 is 14.3 Å². The summed E-state index contributed by atoms with van der Waals surface area (Å²) >= 11 is 0. The van der Waals surface area contributed by atoms with Crippen LogP contribution in [0.5, 0.6) is 0 Å². The van der Waals surface area contributed by atoms with E-state index < -0.39 is 17.7 Å². The number of amides is 2. The first kappa shape index (κ1) is 15.8. The third-order valence-electron chi connectivity index (χ3n) is 3.13. The summed E-state index contributed by atoms with van der Waals surface area (Å²) in [6, 6.07) is -0.482.